The summed E-state index contributed by atoms with van der Waals surface area (Å²) < 4.78 is 26.4. The van der Waals surface area contributed by atoms with Crippen LogP contribution in [0.15, 0.2) is 47.4 Å². The van der Waals surface area contributed by atoms with Gasteiger partial charge in [0.05, 0.1) is 4.90 Å². The number of hydrogen-bond acceptors (Lipinski definition) is 3. The Labute approximate surface area is 145 Å². The number of nitrogens with one attached hydrogen (secondary N) is 1. The molecule has 0 aliphatic heterocycles. The van der Waals surface area contributed by atoms with Crippen LogP contribution < -0.4 is 5.32 Å². The van der Waals surface area contributed by atoms with Crippen molar-refractivity contribution < 1.29 is 8.42 Å². The van der Waals surface area contributed by atoms with Crippen molar-refractivity contribution >= 4 is 15.7 Å². The Balaban J connectivity index is 2.11. The molecular weight excluding hydrogens is 320 g/mol. The van der Waals surface area contributed by atoms with Gasteiger partial charge in [0.1, 0.15) is 0 Å². The van der Waals surface area contributed by atoms with Crippen LogP contribution in [0.3, 0.4) is 0 Å². The Morgan fingerprint density at radius 1 is 0.958 bits per heavy atom. The number of anilines is 1. The zero-order valence-electron chi connectivity index (χ0n) is 14.8. The van der Waals surface area contributed by atoms with E-state index in [0.29, 0.717) is 18.0 Å². The van der Waals surface area contributed by atoms with Crippen molar-refractivity contribution in [2.24, 2.45) is 0 Å². The van der Waals surface area contributed by atoms with Crippen molar-refractivity contribution in [1.29, 1.82) is 0 Å². The van der Waals surface area contributed by atoms with Gasteiger partial charge in [-0.3, -0.25) is 0 Å². The minimum absolute atomic E-state index is 0.337. The van der Waals surface area contributed by atoms with Gasteiger partial charge >= 0.3 is 0 Å². The molecule has 1 N–H and O–H groups in total. The predicted octanol–water partition coefficient (Wildman–Crippen LogP) is 3.95. The molecule has 0 heterocycles. The van der Waals surface area contributed by atoms with Crippen molar-refractivity contribution in [1.82, 2.24) is 4.31 Å². The zero-order valence-corrected chi connectivity index (χ0v) is 15.7. The van der Waals surface area contributed by atoms with Gasteiger partial charge in [-0.2, -0.15) is 4.31 Å². The first-order valence-electron chi connectivity index (χ1n) is 8.28. The number of sulfonamides is 1. The summed E-state index contributed by atoms with van der Waals surface area (Å²) in [4.78, 5) is 0.337. The van der Waals surface area contributed by atoms with E-state index < -0.39 is 10.0 Å². The first-order chi connectivity index (χ1) is 11.4. The highest BCUT2D eigenvalue weighted by Gasteiger charge is 2.21. The number of benzene rings is 2. The quantitative estimate of drug-likeness (QED) is 0.826. The molecule has 2 aromatic carbocycles. The van der Waals surface area contributed by atoms with Crippen LogP contribution in [0.25, 0.3) is 0 Å². The molecule has 2 aromatic rings. The minimum atomic E-state index is -3.39. The van der Waals surface area contributed by atoms with Crippen LogP contribution in [-0.2, 0) is 16.6 Å². The Hall–Kier alpha value is -1.85. The van der Waals surface area contributed by atoms with Crippen molar-refractivity contribution in [3.8, 4) is 0 Å². The molecule has 0 bridgehead atoms. The number of nitrogens with zero attached hydrogens (tertiary/aromatic N) is 1. The van der Waals surface area contributed by atoms with Crippen molar-refractivity contribution in [2.45, 2.75) is 39.1 Å². The fourth-order valence-corrected chi connectivity index (χ4v) is 4.10. The average molecular weight is 346 g/mol. The Bertz CT molecular complexity index is 780. The normalized spacial score (nSPS) is 11.7. The van der Waals surface area contributed by atoms with E-state index in [2.05, 4.69) is 37.4 Å². The van der Waals surface area contributed by atoms with Gasteiger partial charge in [-0.1, -0.05) is 37.6 Å². The fraction of sp³-hybridized carbons (Fsp3) is 0.368. The molecule has 24 heavy (non-hydrogen) atoms. The Morgan fingerprint density at radius 2 is 1.58 bits per heavy atom. The second-order valence-corrected chi connectivity index (χ2v) is 7.84. The van der Waals surface area contributed by atoms with E-state index in [1.807, 2.05) is 26.0 Å². The molecule has 2 rings (SSSR count). The van der Waals surface area contributed by atoms with Crippen LogP contribution >= 0.6 is 0 Å². The molecule has 4 nitrogen and oxygen atoms in total. The monoisotopic (exact) mass is 346 g/mol. The maximum Gasteiger partial charge on any atom is 0.243 e. The van der Waals surface area contributed by atoms with Crippen LogP contribution in [0.1, 0.15) is 30.5 Å². The standard InChI is InChI=1S/C19H26N2O2S/c1-5-21(6-2)24(22,23)19-11-9-18(10-12-19)20-14-17-13-15(3)7-8-16(17)4/h7-13,20H,5-6,14H2,1-4H3. The van der Waals surface area contributed by atoms with Crippen molar-refractivity contribution in [3.63, 3.8) is 0 Å². The highest BCUT2D eigenvalue weighted by molar-refractivity contribution is 7.89. The lowest BCUT2D eigenvalue weighted by molar-refractivity contribution is 0.445. The summed E-state index contributed by atoms with van der Waals surface area (Å²) in [6, 6.07) is 13.4. The van der Waals surface area contributed by atoms with E-state index in [1.54, 1.807) is 12.1 Å². The number of hydrogen-bond donors (Lipinski definition) is 1. The topological polar surface area (TPSA) is 49.4 Å². The second-order valence-electron chi connectivity index (χ2n) is 5.90. The molecule has 0 spiro atoms. The number of rotatable bonds is 7. The third-order valence-electron chi connectivity index (χ3n) is 4.19. The second kappa shape index (κ2) is 7.81. The van der Waals surface area contributed by atoms with Crippen LogP contribution in [0.5, 0.6) is 0 Å². The molecule has 0 saturated carbocycles. The third kappa shape index (κ3) is 4.16. The van der Waals surface area contributed by atoms with Gasteiger partial charge in [-0.05, 0) is 49.2 Å². The van der Waals surface area contributed by atoms with E-state index in [-0.39, 0.29) is 0 Å². The molecule has 5 heteroatoms. The van der Waals surface area contributed by atoms with Gasteiger partial charge in [-0.25, -0.2) is 8.42 Å². The summed E-state index contributed by atoms with van der Waals surface area (Å²) in [5.41, 5.74) is 4.64. The summed E-state index contributed by atoms with van der Waals surface area (Å²) in [6.45, 7) is 9.54. The van der Waals surface area contributed by atoms with Crippen molar-refractivity contribution in [3.05, 3.63) is 59.2 Å². The van der Waals surface area contributed by atoms with Gasteiger partial charge in [0.2, 0.25) is 10.0 Å². The summed E-state index contributed by atoms with van der Waals surface area (Å²) in [6.07, 6.45) is 0. The maximum absolute atomic E-state index is 12.5. The van der Waals surface area contributed by atoms with Crippen LogP contribution in [-0.4, -0.2) is 25.8 Å². The van der Waals surface area contributed by atoms with E-state index in [0.717, 1.165) is 12.2 Å². The van der Waals surface area contributed by atoms with Gasteiger partial charge in [-0.15, -0.1) is 0 Å². The number of aryl methyl sites for hydroxylation is 2. The molecule has 0 radical (unpaired) electrons. The summed E-state index contributed by atoms with van der Waals surface area (Å²) in [5.74, 6) is 0. The molecule has 0 aromatic heterocycles. The lowest BCUT2D eigenvalue weighted by Gasteiger charge is -2.18. The smallest absolute Gasteiger partial charge is 0.243 e. The molecule has 130 valence electrons. The summed E-state index contributed by atoms with van der Waals surface area (Å²) in [7, 11) is -3.39. The molecular formula is C19H26N2O2S. The van der Waals surface area contributed by atoms with Gasteiger partial charge in [0.25, 0.3) is 0 Å². The molecule has 0 amide bonds. The van der Waals surface area contributed by atoms with E-state index >= 15 is 0 Å². The van der Waals surface area contributed by atoms with Gasteiger partial charge in [0.15, 0.2) is 0 Å². The summed E-state index contributed by atoms with van der Waals surface area (Å²) >= 11 is 0. The maximum atomic E-state index is 12.5. The highest BCUT2D eigenvalue weighted by atomic mass is 32.2. The van der Waals surface area contributed by atoms with E-state index in [9.17, 15) is 8.42 Å². The Kier molecular flexibility index (Phi) is 6.02. The fourth-order valence-electron chi connectivity index (χ4n) is 2.65. The molecule has 0 aliphatic carbocycles. The average Bonchev–Trinajstić information content (AvgIpc) is 2.57. The lowest BCUT2D eigenvalue weighted by atomic mass is 10.1. The Morgan fingerprint density at radius 3 is 2.17 bits per heavy atom. The molecule has 0 fully saturated rings. The third-order valence-corrected chi connectivity index (χ3v) is 6.25. The minimum Gasteiger partial charge on any atom is -0.381 e. The SMILES string of the molecule is CCN(CC)S(=O)(=O)c1ccc(NCc2cc(C)ccc2C)cc1. The first-order valence-corrected chi connectivity index (χ1v) is 9.72. The lowest BCUT2D eigenvalue weighted by Crippen LogP contribution is -2.30. The largest absolute Gasteiger partial charge is 0.381 e. The van der Waals surface area contributed by atoms with Crippen LogP contribution in [0.4, 0.5) is 5.69 Å². The van der Waals surface area contributed by atoms with Gasteiger partial charge in [0, 0.05) is 25.3 Å². The molecule has 0 aliphatic rings. The molecule has 0 saturated heterocycles. The molecule has 0 unspecified atom stereocenters. The van der Waals surface area contributed by atoms with Crippen molar-refractivity contribution in [2.75, 3.05) is 18.4 Å². The predicted molar refractivity (Wildman–Crippen MR) is 99.8 cm³/mol. The van der Waals surface area contributed by atoms with Crippen LogP contribution in [0.2, 0.25) is 0 Å². The zero-order chi connectivity index (χ0) is 17.7. The van der Waals surface area contributed by atoms with E-state index in [4.69, 9.17) is 0 Å². The van der Waals surface area contributed by atoms with Gasteiger partial charge < -0.3 is 5.32 Å². The summed E-state index contributed by atoms with van der Waals surface area (Å²) in [5, 5.41) is 3.36. The van der Waals surface area contributed by atoms with E-state index in [1.165, 1.54) is 21.0 Å². The highest BCUT2D eigenvalue weighted by Crippen LogP contribution is 2.19. The van der Waals surface area contributed by atoms with Crippen LogP contribution in [0, 0.1) is 13.8 Å². The molecule has 0 atom stereocenters. The first kappa shape index (κ1) is 18.5.